The van der Waals surface area contributed by atoms with Crippen LogP contribution in [-0.4, -0.2) is 49.9 Å². The molecular weight excluding hydrogens is 691 g/mol. The molecule has 45 heavy (non-hydrogen) atoms. The second kappa shape index (κ2) is 15.8. The van der Waals surface area contributed by atoms with Gasteiger partial charge in [0.2, 0.25) is 0 Å². The van der Waals surface area contributed by atoms with E-state index < -0.39 is 24.3 Å². The molecular formula is C31H31BrCl2N4O7. The minimum atomic E-state index is -1.18. The molecule has 0 unspecified atom stereocenters. The summed E-state index contributed by atoms with van der Waals surface area (Å²) in [6.07, 6.45) is 0.328. The Kier molecular flexibility index (Phi) is 11.9. The summed E-state index contributed by atoms with van der Waals surface area (Å²) in [5, 5.41) is 21.0. The zero-order chi connectivity index (χ0) is 32.5. The first-order valence-electron chi connectivity index (χ1n) is 13.7. The van der Waals surface area contributed by atoms with Gasteiger partial charge in [0, 0.05) is 31.3 Å². The highest BCUT2D eigenvalue weighted by Gasteiger charge is 2.32. The first kappa shape index (κ1) is 33.9. The van der Waals surface area contributed by atoms with Crippen molar-refractivity contribution in [3.05, 3.63) is 97.1 Å². The van der Waals surface area contributed by atoms with E-state index in [1.54, 1.807) is 49.4 Å². The standard InChI is InChI=1S/C31H31BrCl2N4O7/c1-4-43-26-12-18(29-28(30(40)42-3)17(2)36-31(41)37-29)6-9-25(26)45-16-27(39)38-35-14-20-11-21(32)7-10-24(20)44-15-19-5-8-22(33)13-23(19)34/h5-14,27,29,38-39H,4,15-16H2,1-3H3,(H2,36,37,41)/b35-14-/t27-,29+/m1/s1. The lowest BCUT2D eigenvalue weighted by Crippen LogP contribution is -2.45. The summed E-state index contributed by atoms with van der Waals surface area (Å²) in [6, 6.07) is 14.4. The second-order valence-corrected chi connectivity index (χ2v) is 11.4. The number of hydrazone groups is 1. The normalized spacial score (nSPS) is 15.3. The number of hydrogen-bond acceptors (Lipinski definition) is 9. The second-order valence-electron chi connectivity index (χ2n) is 9.62. The minimum absolute atomic E-state index is 0.176. The summed E-state index contributed by atoms with van der Waals surface area (Å²) in [7, 11) is 1.27. The summed E-state index contributed by atoms with van der Waals surface area (Å²) < 4.78 is 23.3. The van der Waals surface area contributed by atoms with Crippen molar-refractivity contribution in [3.63, 3.8) is 0 Å². The largest absolute Gasteiger partial charge is 0.490 e. The van der Waals surface area contributed by atoms with Gasteiger partial charge in [-0.15, -0.1) is 0 Å². The molecule has 4 N–H and O–H groups in total. The maximum Gasteiger partial charge on any atom is 0.337 e. The van der Waals surface area contributed by atoms with E-state index in [4.69, 9.17) is 42.1 Å². The molecule has 1 heterocycles. The van der Waals surface area contributed by atoms with Crippen LogP contribution in [0.4, 0.5) is 4.79 Å². The Balaban J connectivity index is 1.41. The van der Waals surface area contributed by atoms with E-state index in [-0.39, 0.29) is 18.8 Å². The average Bonchev–Trinajstić information content (AvgIpc) is 3.00. The summed E-state index contributed by atoms with van der Waals surface area (Å²) in [6.45, 7) is 3.79. The molecule has 0 aromatic heterocycles. The number of aliphatic hydroxyl groups excluding tert-OH is 1. The number of rotatable bonds is 13. The third-order valence-corrected chi connectivity index (χ3v) is 7.55. The Hall–Kier alpha value is -3.97. The number of urea groups is 1. The first-order chi connectivity index (χ1) is 21.6. The number of amides is 2. The summed E-state index contributed by atoms with van der Waals surface area (Å²) in [5.41, 5.74) is 5.27. The van der Waals surface area contributed by atoms with Crippen molar-refractivity contribution in [3.8, 4) is 17.2 Å². The molecule has 0 spiro atoms. The van der Waals surface area contributed by atoms with Crippen LogP contribution in [0.2, 0.25) is 10.0 Å². The molecule has 0 bridgehead atoms. The van der Waals surface area contributed by atoms with Crippen LogP contribution in [0.3, 0.4) is 0 Å². The van der Waals surface area contributed by atoms with Crippen LogP contribution >= 0.6 is 39.1 Å². The molecule has 11 nitrogen and oxygen atoms in total. The van der Waals surface area contributed by atoms with E-state index in [9.17, 15) is 14.7 Å². The summed E-state index contributed by atoms with van der Waals surface area (Å²) in [5.74, 6) is 0.671. The Morgan fingerprint density at radius 1 is 1.09 bits per heavy atom. The highest BCUT2D eigenvalue weighted by molar-refractivity contribution is 9.10. The molecule has 2 atom stereocenters. The van der Waals surface area contributed by atoms with Gasteiger partial charge in [-0.25, -0.2) is 9.59 Å². The van der Waals surface area contributed by atoms with E-state index in [1.807, 2.05) is 19.1 Å². The van der Waals surface area contributed by atoms with Crippen LogP contribution in [0.15, 0.2) is 75.4 Å². The molecule has 3 aromatic rings. The van der Waals surface area contributed by atoms with E-state index in [2.05, 4.69) is 37.1 Å². The Morgan fingerprint density at radius 3 is 2.60 bits per heavy atom. The van der Waals surface area contributed by atoms with Gasteiger partial charge in [0.15, 0.2) is 17.7 Å². The van der Waals surface area contributed by atoms with Gasteiger partial charge in [0.05, 0.1) is 31.5 Å². The number of halogens is 3. The molecule has 0 saturated heterocycles. The molecule has 0 aliphatic carbocycles. The monoisotopic (exact) mass is 720 g/mol. The number of methoxy groups -OCH3 is 1. The molecule has 2 amide bonds. The average molecular weight is 722 g/mol. The Labute approximate surface area is 278 Å². The lowest BCUT2D eigenvalue weighted by Gasteiger charge is -2.28. The SMILES string of the molecule is CCOc1cc([C@@H]2NC(=O)NC(C)=C2C(=O)OC)ccc1OC[C@@H](O)N/N=C\c1cc(Br)ccc1OCc1ccc(Cl)cc1Cl. The third kappa shape index (κ3) is 9.04. The van der Waals surface area contributed by atoms with Gasteiger partial charge < -0.3 is 34.7 Å². The number of ether oxygens (including phenoxy) is 4. The fourth-order valence-corrected chi connectivity index (χ4v) is 5.20. The molecule has 1 aliphatic heterocycles. The van der Waals surface area contributed by atoms with Crippen molar-refractivity contribution in [2.24, 2.45) is 5.10 Å². The van der Waals surface area contributed by atoms with Gasteiger partial charge in [0.25, 0.3) is 0 Å². The number of carbonyl (C=O) groups excluding carboxylic acids is 2. The summed E-state index contributed by atoms with van der Waals surface area (Å²) in [4.78, 5) is 24.6. The van der Waals surface area contributed by atoms with Crippen molar-refractivity contribution < 1.29 is 33.6 Å². The predicted octanol–water partition coefficient (Wildman–Crippen LogP) is 5.86. The number of carbonyl (C=O) groups is 2. The van der Waals surface area contributed by atoms with Crippen molar-refractivity contribution in [2.45, 2.75) is 32.7 Å². The fraction of sp³-hybridized carbons (Fsp3) is 0.258. The van der Waals surface area contributed by atoms with Crippen molar-refractivity contribution in [1.82, 2.24) is 16.1 Å². The van der Waals surface area contributed by atoms with E-state index in [0.29, 0.717) is 50.7 Å². The van der Waals surface area contributed by atoms with Crippen molar-refractivity contribution in [1.29, 1.82) is 0 Å². The molecule has 3 aromatic carbocycles. The molecule has 0 radical (unpaired) electrons. The molecule has 0 fully saturated rings. The lowest BCUT2D eigenvalue weighted by atomic mass is 9.95. The molecule has 0 saturated carbocycles. The number of hydrogen-bond donors (Lipinski definition) is 4. The minimum Gasteiger partial charge on any atom is -0.490 e. The smallest absolute Gasteiger partial charge is 0.337 e. The van der Waals surface area contributed by atoms with Crippen molar-refractivity contribution >= 4 is 57.3 Å². The van der Waals surface area contributed by atoms with E-state index >= 15 is 0 Å². The number of nitrogens with zero attached hydrogens (tertiary/aromatic N) is 1. The van der Waals surface area contributed by atoms with Crippen LogP contribution < -0.4 is 30.3 Å². The number of aliphatic hydroxyl groups is 1. The number of esters is 1. The fourth-order valence-electron chi connectivity index (χ4n) is 4.36. The molecule has 1 aliphatic rings. The van der Waals surface area contributed by atoms with Crippen LogP contribution in [0.5, 0.6) is 17.2 Å². The van der Waals surface area contributed by atoms with Crippen LogP contribution in [0, 0.1) is 0 Å². The van der Waals surface area contributed by atoms with E-state index in [0.717, 1.165) is 10.0 Å². The Morgan fingerprint density at radius 2 is 1.87 bits per heavy atom. The van der Waals surface area contributed by atoms with Gasteiger partial charge in [-0.3, -0.25) is 5.43 Å². The number of allylic oxidation sites excluding steroid dienone is 1. The quantitative estimate of drug-likeness (QED) is 0.0746. The van der Waals surface area contributed by atoms with E-state index in [1.165, 1.54) is 13.3 Å². The highest BCUT2D eigenvalue weighted by Crippen LogP contribution is 2.35. The number of nitrogens with one attached hydrogen (secondary N) is 3. The molecule has 238 valence electrons. The van der Waals surface area contributed by atoms with Crippen LogP contribution in [-0.2, 0) is 16.1 Å². The first-order valence-corrected chi connectivity index (χ1v) is 15.2. The Bertz CT molecular complexity index is 1620. The lowest BCUT2D eigenvalue weighted by molar-refractivity contribution is -0.136. The zero-order valence-corrected chi connectivity index (χ0v) is 27.6. The maximum atomic E-state index is 12.5. The van der Waals surface area contributed by atoms with Gasteiger partial charge in [-0.2, -0.15) is 5.10 Å². The third-order valence-electron chi connectivity index (χ3n) is 6.47. The zero-order valence-electron chi connectivity index (χ0n) is 24.5. The molecule has 14 heteroatoms. The highest BCUT2D eigenvalue weighted by atomic mass is 79.9. The predicted molar refractivity (Wildman–Crippen MR) is 174 cm³/mol. The summed E-state index contributed by atoms with van der Waals surface area (Å²) >= 11 is 15.7. The van der Waals surface area contributed by atoms with Gasteiger partial charge in [0.1, 0.15) is 19.0 Å². The number of benzene rings is 3. The topological polar surface area (TPSA) is 140 Å². The van der Waals surface area contributed by atoms with Gasteiger partial charge in [-0.05, 0) is 61.9 Å². The van der Waals surface area contributed by atoms with Crippen molar-refractivity contribution in [2.75, 3.05) is 20.3 Å². The van der Waals surface area contributed by atoms with Crippen LogP contribution in [0.25, 0.3) is 0 Å². The maximum absolute atomic E-state index is 12.5. The van der Waals surface area contributed by atoms with Gasteiger partial charge in [-0.1, -0.05) is 51.3 Å². The molecule has 4 rings (SSSR count). The van der Waals surface area contributed by atoms with Crippen LogP contribution in [0.1, 0.15) is 36.6 Å². The van der Waals surface area contributed by atoms with Gasteiger partial charge >= 0.3 is 12.0 Å².